The number of benzene rings is 1. The van der Waals surface area contributed by atoms with Crippen LogP contribution in [0.15, 0.2) is 24.3 Å². The molecule has 1 amide bonds. The molecule has 1 aromatic rings. The summed E-state index contributed by atoms with van der Waals surface area (Å²) in [5.74, 6) is 0.945. The summed E-state index contributed by atoms with van der Waals surface area (Å²) in [6.45, 7) is 0. The third-order valence-electron chi connectivity index (χ3n) is 1.90. The lowest BCUT2D eigenvalue weighted by Gasteiger charge is -2.05. The van der Waals surface area contributed by atoms with Crippen molar-refractivity contribution in [3.8, 4) is 0 Å². The molecule has 0 saturated heterocycles. The van der Waals surface area contributed by atoms with Gasteiger partial charge in [0.05, 0.1) is 0 Å². The van der Waals surface area contributed by atoms with Crippen molar-refractivity contribution in [1.82, 2.24) is 0 Å². The molecule has 0 radical (unpaired) electrons. The lowest BCUT2D eigenvalue weighted by Crippen LogP contribution is -2.12. The number of hydrogen-bond acceptors (Lipinski definition) is 2. The van der Waals surface area contributed by atoms with Crippen molar-refractivity contribution in [2.45, 2.75) is 11.8 Å². The van der Waals surface area contributed by atoms with Gasteiger partial charge in [-0.1, -0.05) is 28.1 Å². The Balaban J connectivity index is 2.52. The van der Waals surface area contributed by atoms with Crippen molar-refractivity contribution in [1.29, 1.82) is 0 Å². The molecule has 1 aromatic carbocycles. The fraction of sp³-hybridized carbons (Fsp3) is 0.364. The Hall–Kier alpha value is -0.480. The Labute approximate surface area is 103 Å². The topological polar surface area (TPSA) is 29.1 Å². The van der Waals surface area contributed by atoms with Gasteiger partial charge in [0.25, 0.3) is 0 Å². The summed E-state index contributed by atoms with van der Waals surface area (Å²) in [5, 5.41) is 3.69. The minimum absolute atomic E-state index is 0.0797. The molecule has 0 aliphatic heterocycles. The Kier molecular flexibility index (Phi) is 5.79. The summed E-state index contributed by atoms with van der Waals surface area (Å²) in [6, 6.07) is 7.85. The van der Waals surface area contributed by atoms with Gasteiger partial charge in [-0.3, -0.25) is 4.79 Å². The quantitative estimate of drug-likeness (QED) is 0.842. The molecular formula is C11H14BrNOS. The lowest BCUT2D eigenvalue weighted by atomic mass is 10.2. The molecule has 0 unspecified atom stereocenters. The zero-order valence-electron chi connectivity index (χ0n) is 8.63. The first-order valence-electron chi connectivity index (χ1n) is 4.70. The van der Waals surface area contributed by atoms with Crippen LogP contribution in [0.4, 0.5) is 5.69 Å². The maximum absolute atomic E-state index is 11.4. The fourth-order valence-corrected chi connectivity index (χ4v) is 1.89. The molecule has 1 N–H and O–H groups in total. The number of carbonyl (C=O) groups excluding carboxylic acids is 1. The van der Waals surface area contributed by atoms with E-state index in [1.165, 1.54) is 0 Å². The Bertz CT molecular complexity index is 330. The molecular weight excluding hydrogens is 274 g/mol. The largest absolute Gasteiger partial charge is 0.326 e. The zero-order valence-corrected chi connectivity index (χ0v) is 11.0. The van der Waals surface area contributed by atoms with Gasteiger partial charge in [-0.15, -0.1) is 0 Å². The summed E-state index contributed by atoms with van der Waals surface area (Å²) in [7, 11) is 0. The second-order valence-electron chi connectivity index (χ2n) is 3.12. The molecule has 0 fully saturated rings. The van der Waals surface area contributed by atoms with Crippen LogP contribution in [-0.4, -0.2) is 17.9 Å². The van der Waals surface area contributed by atoms with E-state index in [-0.39, 0.29) is 5.91 Å². The number of carbonyl (C=O) groups is 1. The maximum Gasteiger partial charge on any atom is 0.225 e. The number of nitrogens with one attached hydrogen (secondary N) is 1. The van der Waals surface area contributed by atoms with Crippen molar-refractivity contribution in [3.05, 3.63) is 29.8 Å². The van der Waals surface area contributed by atoms with Crippen LogP contribution in [-0.2, 0) is 10.1 Å². The Morgan fingerprint density at radius 3 is 3.00 bits per heavy atom. The van der Waals surface area contributed by atoms with Gasteiger partial charge in [-0.05, 0) is 24.0 Å². The van der Waals surface area contributed by atoms with E-state index in [0.717, 1.165) is 22.3 Å². The van der Waals surface area contributed by atoms with Crippen LogP contribution in [0, 0.1) is 0 Å². The molecule has 0 bridgehead atoms. The molecule has 0 aromatic heterocycles. The van der Waals surface area contributed by atoms with Crippen molar-refractivity contribution in [2.24, 2.45) is 0 Å². The monoisotopic (exact) mass is 287 g/mol. The van der Waals surface area contributed by atoms with Crippen LogP contribution in [0.2, 0.25) is 0 Å². The van der Waals surface area contributed by atoms with Gasteiger partial charge in [0.2, 0.25) is 5.91 Å². The first kappa shape index (κ1) is 12.6. The van der Waals surface area contributed by atoms with Crippen LogP contribution in [0.1, 0.15) is 12.0 Å². The highest BCUT2D eigenvalue weighted by Crippen LogP contribution is 2.13. The van der Waals surface area contributed by atoms with Gasteiger partial charge in [-0.2, -0.15) is 11.8 Å². The molecule has 0 aliphatic rings. The van der Waals surface area contributed by atoms with E-state index in [9.17, 15) is 4.79 Å². The third kappa shape index (κ3) is 4.71. The Morgan fingerprint density at radius 1 is 1.53 bits per heavy atom. The Morgan fingerprint density at radius 2 is 2.33 bits per heavy atom. The highest BCUT2D eigenvalue weighted by molar-refractivity contribution is 9.08. The normalized spacial score (nSPS) is 10.0. The predicted octanol–water partition coefficient (Wildman–Crippen LogP) is 3.27. The van der Waals surface area contributed by atoms with Gasteiger partial charge in [-0.25, -0.2) is 0 Å². The summed E-state index contributed by atoms with van der Waals surface area (Å²) in [6.07, 6.45) is 2.57. The minimum Gasteiger partial charge on any atom is -0.326 e. The second-order valence-corrected chi connectivity index (χ2v) is 4.67. The summed E-state index contributed by atoms with van der Waals surface area (Å²) < 4.78 is 0. The molecule has 4 heteroatoms. The van der Waals surface area contributed by atoms with Crippen LogP contribution in [0.25, 0.3) is 0 Å². The fourth-order valence-electron chi connectivity index (χ4n) is 1.15. The zero-order chi connectivity index (χ0) is 11.1. The average Bonchev–Trinajstić information content (AvgIpc) is 2.26. The van der Waals surface area contributed by atoms with E-state index in [1.54, 1.807) is 11.8 Å². The smallest absolute Gasteiger partial charge is 0.225 e. The van der Waals surface area contributed by atoms with Crippen molar-refractivity contribution in [3.63, 3.8) is 0 Å². The van der Waals surface area contributed by atoms with Crippen LogP contribution < -0.4 is 5.32 Å². The average molecular weight is 288 g/mol. The number of alkyl halides is 1. The van der Waals surface area contributed by atoms with E-state index in [1.807, 2.05) is 30.5 Å². The standard InChI is InChI=1S/C11H14BrNOS/c1-15-6-5-11(14)13-10-4-2-3-9(7-10)8-12/h2-4,7H,5-6,8H2,1H3,(H,13,14). The van der Waals surface area contributed by atoms with Gasteiger partial charge < -0.3 is 5.32 Å². The molecule has 82 valence electrons. The summed E-state index contributed by atoms with van der Waals surface area (Å²) >= 11 is 5.06. The number of thioether (sulfide) groups is 1. The van der Waals surface area contributed by atoms with Crippen LogP contribution in [0.5, 0.6) is 0 Å². The third-order valence-corrected chi connectivity index (χ3v) is 3.16. The van der Waals surface area contributed by atoms with E-state index in [4.69, 9.17) is 0 Å². The molecule has 1 rings (SSSR count). The predicted molar refractivity (Wildman–Crippen MR) is 70.7 cm³/mol. The van der Waals surface area contributed by atoms with E-state index < -0.39 is 0 Å². The van der Waals surface area contributed by atoms with Gasteiger partial charge >= 0.3 is 0 Å². The molecule has 2 nitrogen and oxygen atoms in total. The SMILES string of the molecule is CSCCC(=O)Nc1cccc(CBr)c1. The van der Waals surface area contributed by atoms with E-state index >= 15 is 0 Å². The summed E-state index contributed by atoms with van der Waals surface area (Å²) in [4.78, 5) is 11.4. The molecule has 0 atom stereocenters. The van der Waals surface area contributed by atoms with E-state index in [2.05, 4.69) is 21.2 Å². The molecule has 0 heterocycles. The van der Waals surface area contributed by atoms with Gasteiger partial charge in [0.1, 0.15) is 0 Å². The second kappa shape index (κ2) is 6.90. The first-order valence-corrected chi connectivity index (χ1v) is 7.21. The lowest BCUT2D eigenvalue weighted by molar-refractivity contribution is -0.115. The number of halogens is 1. The summed E-state index contributed by atoms with van der Waals surface area (Å²) in [5.41, 5.74) is 2.04. The van der Waals surface area contributed by atoms with Crippen LogP contribution in [0.3, 0.4) is 0 Å². The number of rotatable bonds is 5. The molecule has 15 heavy (non-hydrogen) atoms. The van der Waals surface area contributed by atoms with Crippen LogP contribution >= 0.6 is 27.7 Å². The first-order chi connectivity index (χ1) is 7.26. The minimum atomic E-state index is 0.0797. The van der Waals surface area contributed by atoms with Gasteiger partial charge in [0, 0.05) is 23.2 Å². The number of amides is 1. The number of hydrogen-bond donors (Lipinski definition) is 1. The van der Waals surface area contributed by atoms with Gasteiger partial charge in [0.15, 0.2) is 0 Å². The van der Waals surface area contributed by atoms with Crippen molar-refractivity contribution >= 4 is 39.3 Å². The molecule has 0 saturated carbocycles. The maximum atomic E-state index is 11.4. The van der Waals surface area contributed by atoms with Crippen molar-refractivity contribution in [2.75, 3.05) is 17.3 Å². The van der Waals surface area contributed by atoms with E-state index in [0.29, 0.717) is 6.42 Å². The highest BCUT2D eigenvalue weighted by atomic mass is 79.9. The van der Waals surface area contributed by atoms with Crippen molar-refractivity contribution < 1.29 is 4.79 Å². The molecule has 0 spiro atoms. The molecule has 0 aliphatic carbocycles. The number of anilines is 1. The highest BCUT2D eigenvalue weighted by Gasteiger charge is 2.01.